The highest BCUT2D eigenvalue weighted by atomic mass is 35.5. The van der Waals surface area contributed by atoms with Crippen LogP contribution in [0.2, 0.25) is 5.02 Å². The van der Waals surface area contributed by atoms with Crippen LogP contribution < -0.4 is 0 Å². The number of rotatable bonds is 5. The summed E-state index contributed by atoms with van der Waals surface area (Å²) in [5, 5.41) is 0.669. The van der Waals surface area contributed by atoms with Crippen molar-refractivity contribution in [2.24, 2.45) is 13.0 Å². The van der Waals surface area contributed by atoms with Crippen LogP contribution >= 0.6 is 11.6 Å². The summed E-state index contributed by atoms with van der Waals surface area (Å²) in [6.07, 6.45) is 4.58. The number of amides is 2. The summed E-state index contributed by atoms with van der Waals surface area (Å²) in [7, 11) is 3.70. The van der Waals surface area contributed by atoms with Crippen molar-refractivity contribution in [2.75, 3.05) is 13.6 Å². The van der Waals surface area contributed by atoms with Gasteiger partial charge in [-0.3, -0.25) is 9.59 Å². The first kappa shape index (κ1) is 18.5. The fourth-order valence-electron chi connectivity index (χ4n) is 3.23. The van der Waals surface area contributed by atoms with E-state index in [1.54, 1.807) is 23.0 Å². The van der Waals surface area contributed by atoms with E-state index in [9.17, 15) is 9.59 Å². The van der Waals surface area contributed by atoms with E-state index in [2.05, 4.69) is 4.98 Å². The van der Waals surface area contributed by atoms with E-state index >= 15 is 0 Å². The molecule has 0 bridgehead atoms. The van der Waals surface area contributed by atoms with Crippen molar-refractivity contribution in [1.82, 2.24) is 19.4 Å². The number of carbonyl (C=O) groups is 2. The second kappa shape index (κ2) is 7.91. The molecule has 0 radical (unpaired) electrons. The Morgan fingerprint density at radius 3 is 2.73 bits per heavy atom. The molecule has 1 aliphatic heterocycles. The fourth-order valence-corrected chi connectivity index (χ4v) is 3.36. The lowest BCUT2D eigenvalue weighted by molar-refractivity contribution is -0.143. The Kier molecular flexibility index (Phi) is 5.61. The molecule has 1 saturated heterocycles. The van der Waals surface area contributed by atoms with Crippen LogP contribution in [0, 0.1) is 5.92 Å². The van der Waals surface area contributed by atoms with Gasteiger partial charge in [0.25, 0.3) is 0 Å². The third-order valence-corrected chi connectivity index (χ3v) is 5.06. The van der Waals surface area contributed by atoms with Crippen LogP contribution in [0.25, 0.3) is 0 Å². The van der Waals surface area contributed by atoms with Gasteiger partial charge in [-0.05, 0) is 24.1 Å². The number of hydrogen-bond acceptors (Lipinski definition) is 3. The Morgan fingerprint density at radius 1 is 1.35 bits per heavy atom. The number of carbonyl (C=O) groups excluding carboxylic acids is 2. The fraction of sp³-hybridized carbons (Fsp3) is 0.421. The summed E-state index contributed by atoms with van der Waals surface area (Å²) >= 11 is 5.91. The average molecular weight is 375 g/mol. The maximum atomic E-state index is 12.8. The predicted octanol–water partition coefficient (Wildman–Crippen LogP) is 2.47. The van der Waals surface area contributed by atoms with Gasteiger partial charge in [0.05, 0.1) is 12.5 Å². The van der Waals surface area contributed by atoms with Crippen LogP contribution in [0.15, 0.2) is 36.7 Å². The van der Waals surface area contributed by atoms with Crippen molar-refractivity contribution >= 4 is 23.4 Å². The molecule has 2 amide bonds. The Morgan fingerprint density at radius 2 is 2.08 bits per heavy atom. The first-order valence-electron chi connectivity index (χ1n) is 8.67. The second-order valence-corrected chi connectivity index (χ2v) is 7.22. The molecule has 1 atom stereocenters. The van der Waals surface area contributed by atoms with Gasteiger partial charge in [0.1, 0.15) is 5.82 Å². The predicted molar refractivity (Wildman–Crippen MR) is 99.3 cm³/mol. The number of hydrogen-bond donors (Lipinski definition) is 0. The summed E-state index contributed by atoms with van der Waals surface area (Å²) in [4.78, 5) is 32.8. The zero-order chi connectivity index (χ0) is 18.7. The van der Waals surface area contributed by atoms with Crippen LogP contribution in [0.4, 0.5) is 0 Å². The van der Waals surface area contributed by atoms with Gasteiger partial charge in [0.15, 0.2) is 0 Å². The normalized spacial score (nSPS) is 17.4. The monoisotopic (exact) mass is 374 g/mol. The Hall–Kier alpha value is -2.34. The zero-order valence-corrected chi connectivity index (χ0v) is 15.8. The molecule has 1 aromatic heterocycles. The lowest BCUT2D eigenvalue weighted by atomic mass is 9.95. The highest BCUT2D eigenvalue weighted by Gasteiger charge is 2.32. The molecule has 0 saturated carbocycles. The highest BCUT2D eigenvalue weighted by molar-refractivity contribution is 6.30. The quantitative estimate of drug-likeness (QED) is 0.807. The van der Waals surface area contributed by atoms with Crippen molar-refractivity contribution in [1.29, 1.82) is 0 Å². The molecule has 6 nitrogen and oxygen atoms in total. The molecule has 138 valence electrons. The lowest BCUT2D eigenvalue weighted by Gasteiger charge is -2.34. The molecule has 2 heterocycles. The minimum Gasteiger partial charge on any atom is -0.338 e. The van der Waals surface area contributed by atoms with Gasteiger partial charge < -0.3 is 14.4 Å². The third-order valence-electron chi connectivity index (χ3n) is 4.81. The molecule has 1 aromatic carbocycles. The van der Waals surface area contributed by atoms with Crippen molar-refractivity contribution in [2.45, 2.75) is 25.9 Å². The van der Waals surface area contributed by atoms with Gasteiger partial charge in [0.2, 0.25) is 11.8 Å². The number of imidazole rings is 1. The zero-order valence-electron chi connectivity index (χ0n) is 15.1. The lowest BCUT2D eigenvalue weighted by Crippen LogP contribution is -2.45. The maximum Gasteiger partial charge on any atom is 0.227 e. The van der Waals surface area contributed by atoms with E-state index in [4.69, 9.17) is 11.6 Å². The molecule has 3 rings (SSSR count). The number of piperidine rings is 1. The van der Waals surface area contributed by atoms with Crippen LogP contribution in [-0.2, 0) is 29.7 Å². The number of nitrogens with zero attached hydrogens (tertiary/aromatic N) is 4. The van der Waals surface area contributed by atoms with Crippen LogP contribution in [0.3, 0.4) is 0 Å². The SMILES string of the molecule is CN(Cc1nccn1C)C(=O)[C@@H]1CCC(=O)N(Cc2ccc(Cl)cc2)C1. The minimum absolute atomic E-state index is 0.0570. The van der Waals surface area contributed by atoms with Crippen molar-refractivity contribution < 1.29 is 9.59 Å². The smallest absolute Gasteiger partial charge is 0.227 e. The molecule has 1 fully saturated rings. The van der Waals surface area contributed by atoms with E-state index < -0.39 is 0 Å². The number of benzene rings is 1. The number of halogens is 1. The molecule has 0 unspecified atom stereocenters. The van der Waals surface area contributed by atoms with Gasteiger partial charge in [-0.2, -0.15) is 0 Å². The minimum atomic E-state index is -0.176. The van der Waals surface area contributed by atoms with E-state index in [-0.39, 0.29) is 17.7 Å². The van der Waals surface area contributed by atoms with Gasteiger partial charge >= 0.3 is 0 Å². The molecule has 26 heavy (non-hydrogen) atoms. The maximum absolute atomic E-state index is 12.8. The van der Waals surface area contributed by atoms with Gasteiger partial charge in [-0.1, -0.05) is 23.7 Å². The van der Waals surface area contributed by atoms with Crippen molar-refractivity contribution in [3.63, 3.8) is 0 Å². The number of likely N-dealkylation sites (tertiary alicyclic amines) is 1. The Bertz CT molecular complexity index is 787. The van der Waals surface area contributed by atoms with Crippen molar-refractivity contribution in [3.8, 4) is 0 Å². The topological polar surface area (TPSA) is 58.4 Å². The molecule has 0 spiro atoms. The highest BCUT2D eigenvalue weighted by Crippen LogP contribution is 2.22. The largest absolute Gasteiger partial charge is 0.338 e. The first-order chi connectivity index (χ1) is 12.4. The van der Waals surface area contributed by atoms with Crippen LogP contribution in [-0.4, -0.2) is 44.8 Å². The molecule has 2 aromatic rings. The average Bonchev–Trinajstić information content (AvgIpc) is 3.03. The summed E-state index contributed by atoms with van der Waals surface area (Å²) < 4.78 is 1.90. The van der Waals surface area contributed by atoms with Crippen LogP contribution in [0.1, 0.15) is 24.2 Å². The van der Waals surface area contributed by atoms with Crippen LogP contribution in [0.5, 0.6) is 0 Å². The van der Waals surface area contributed by atoms with E-state index in [1.165, 1.54) is 0 Å². The molecular weight excluding hydrogens is 352 g/mol. The first-order valence-corrected chi connectivity index (χ1v) is 9.05. The standard InChI is InChI=1S/C19H23ClN4O2/c1-22-10-9-21-17(22)13-23(2)19(26)15-5-8-18(25)24(12-15)11-14-3-6-16(20)7-4-14/h3-4,6-7,9-10,15H,5,8,11-13H2,1-2H3/t15-/m1/s1. The summed E-state index contributed by atoms with van der Waals surface area (Å²) in [6.45, 7) is 1.41. The molecular formula is C19H23ClN4O2. The molecule has 0 N–H and O–H groups in total. The molecule has 0 aliphatic carbocycles. The Labute approximate surface area is 158 Å². The van der Waals surface area contributed by atoms with Gasteiger partial charge in [-0.15, -0.1) is 0 Å². The number of aryl methyl sites for hydroxylation is 1. The molecule has 1 aliphatic rings. The van der Waals surface area contributed by atoms with E-state index in [0.29, 0.717) is 37.5 Å². The summed E-state index contributed by atoms with van der Waals surface area (Å²) in [5.41, 5.74) is 1.01. The van der Waals surface area contributed by atoms with Gasteiger partial charge in [-0.25, -0.2) is 4.98 Å². The van der Waals surface area contributed by atoms with Gasteiger partial charge in [0, 0.05) is 51.0 Å². The Balaban J connectivity index is 1.63. The summed E-state index contributed by atoms with van der Waals surface area (Å²) in [5.74, 6) is 0.813. The summed E-state index contributed by atoms with van der Waals surface area (Å²) in [6, 6.07) is 7.45. The van der Waals surface area contributed by atoms with Crippen molar-refractivity contribution in [3.05, 3.63) is 53.1 Å². The molecule has 7 heteroatoms. The van der Waals surface area contributed by atoms with E-state index in [1.807, 2.05) is 42.1 Å². The third kappa shape index (κ3) is 4.25. The van der Waals surface area contributed by atoms with E-state index in [0.717, 1.165) is 11.4 Å². The second-order valence-electron chi connectivity index (χ2n) is 6.79. The number of aromatic nitrogens is 2.